The first kappa shape index (κ1) is 13.9. The van der Waals surface area contributed by atoms with E-state index in [1.807, 2.05) is 12.1 Å². The smallest absolute Gasteiger partial charge is 0.255 e. The molecule has 0 spiro atoms. The number of amides is 1. The Hall–Kier alpha value is -3.68. The van der Waals surface area contributed by atoms with E-state index in [2.05, 4.69) is 30.8 Å². The van der Waals surface area contributed by atoms with Gasteiger partial charge in [0, 0.05) is 23.6 Å². The number of fused-ring (bicyclic) bond motifs is 1. The number of nitrogens with zero attached hydrogens (tertiary/aromatic N) is 6. The fourth-order valence-electron chi connectivity index (χ4n) is 2.31. The van der Waals surface area contributed by atoms with Crippen LogP contribution in [0.2, 0.25) is 0 Å². The second-order valence-corrected chi connectivity index (χ2v) is 5.02. The Morgan fingerprint density at radius 1 is 1.00 bits per heavy atom. The summed E-state index contributed by atoms with van der Waals surface area (Å²) >= 11 is 0. The van der Waals surface area contributed by atoms with Gasteiger partial charge in [0.25, 0.3) is 5.91 Å². The Labute approximate surface area is 136 Å². The minimum absolute atomic E-state index is 0.226. The van der Waals surface area contributed by atoms with Gasteiger partial charge in [0.1, 0.15) is 6.33 Å². The van der Waals surface area contributed by atoms with Crippen LogP contribution in [-0.2, 0) is 0 Å². The third-order valence-corrected chi connectivity index (χ3v) is 3.45. The highest BCUT2D eigenvalue weighted by atomic mass is 16.1. The highest BCUT2D eigenvalue weighted by Crippen LogP contribution is 2.16. The van der Waals surface area contributed by atoms with E-state index in [4.69, 9.17) is 0 Å². The molecular formula is C16H11N7O. The van der Waals surface area contributed by atoms with Crippen molar-refractivity contribution in [2.24, 2.45) is 0 Å². The highest BCUT2D eigenvalue weighted by molar-refractivity contribution is 6.05. The van der Waals surface area contributed by atoms with Gasteiger partial charge in [-0.1, -0.05) is 6.07 Å². The normalized spacial score (nSPS) is 10.7. The van der Waals surface area contributed by atoms with Crippen LogP contribution in [0.1, 0.15) is 10.4 Å². The quantitative estimate of drug-likeness (QED) is 0.619. The van der Waals surface area contributed by atoms with Gasteiger partial charge < -0.3 is 5.32 Å². The van der Waals surface area contributed by atoms with E-state index in [0.717, 1.165) is 11.2 Å². The van der Waals surface area contributed by atoms with Gasteiger partial charge in [-0.05, 0) is 46.8 Å². The first-order chi connectivity index (χ1) is 11.8. The Morgan fingerprint density at radius 2 is 1.88 bits per heavy atom. The standard InChI is InChI=1S/C16H11N7O/c24-16(11-4-5-14-15(8-11)18-7-6-17-14)20-12-2-1-3-13(9-12)23-10-19-21-22-23/h1-10H,(H,20,24). The third-order valence-electron chi connectivity index (χ3n) is 3.45. The van der Waals surface area contributed by atoms with Gasteiger partial charge in [0.15, 0.2) is 0 Å². The SMILES string of the molecule is O=C(Nc1cccc(-n2cnnn2)c1)c1ccc2nccnc2c1. The first-order valence-electron chi connectivity index (χ1n) is 7.15. The van der Waals surface area contributed by atoms with Crippen LogP contribution in [0.5, 0.6) is 0 Å². The van der Waals surface area contributed by atoms with E-state index in [-0.39, 0.29) is 5.91 Å². The lowest BCUT2D eigenvalue weighted by molar-refractivity contribution is 0.102. The lowest BCUT2D eigenvalue weighted by Crippen LogP contribution is -2.12. The predicted molar refractivity (Wildman–Crippen MR) is 86.6 cm³/mol. The molecule has 0 atom stereocenters. The number of nitrogens with one attached hydrogen (secondary N) is 1. The second-order valence-electron chi connectivity index (χ2n) is 5.02. The number of hydrogen-bond donors (Lipinski definition) is 1. The first-order valence-corrected chi connectivity index (χ1v) is 7.15. The van der Waals surface area contributed by atoms with Crippen LogP contribution in [0.3, 0.4) is 0 Å². The maximum atomic E-state index is 12.4. The molecule has 1 amide bonds. The number of benzene rings is 2. The Kier molecular flexibility index (Phi) is 3.39. The van der Waals surface area contributed by atoms with Gasteiger partial charge in [-0.25, -0.2) is 4.68 Å². The predicted octanol–water partition coefficient (Wildman–Crippen LogP) is 1.86. The molecule has 0 unspecified atom stereocenters. The monoisotopic (exact) mass is 317 g/mol. The van der Waals surface area contributed by atoms with Crippen LogP contribution in [0, 0.1) is 0 Å². The van der Waals surface area contributed by atoms with Crippen molar-refractivity contribution in [1.29, 1.82) is 0 Å². The number of rotatable bonds is 3. The molecule has 0 aliphatic carbocycles. The van der Waals surface area contributed by atoms with Gasteiger partial charge in [-0.15, -0.1) is 5.10 Å². The number of anilines is 1. The van der Waals surface area contributed by atoms with Crippen LogP contribution in [-0.4, -0.2) is 36.1 Å². The van der Waals surface area contributed by atoms with Crippen molar-refractivity contribution >= 4 is 22.6 Å². The molecule has 8 heteroatoms. The molecule has 4 aromatic rings. The molecule has 2 aromatic heterocycles. The molecule has 2 heterocycles. The lowest BCUT2D eigenvalue weighted by Gasteiger charge is -2.07. The molecule has 4 rings (SSSR count). The molecule has 0 fully saturated rings. The average molecular weight is 317 g/mol. The van der Waals surface area contributed by atoms with E-state index in [1.54, 1.807) is 42.7 Å². The number of hydrogen-bond acceptors (Lipinski definition) is 6. The zero-order valence-corrected chi connectivity index (χ0v) is 12.4. The molecule has 8 nitrogen and oxygen atoms in total. The van der Waals surface area contributed by atoms with Crippen molar-refractivity contribution in [3.63, 3.8) is 0 Å². The number of carbonyl (C=O) groups is 1. The van der Waals surface area contributed by atoms with E-state index in [1.165, 1.54) is 11.0 Å². The zero-order valence-electron chi connectivity index (χ0n) is 12.4. The average Bonchev–Trinajstić information content (AvgIpc) is 3.16. The minimum Gasteiger partial charge on any atom is -0.322 e. The van der Waals surface area contributed by atoms with Gasteiger partial charge in [-0.3, -0.25) is 14.8 Å². The lowest BCUT2D eigenvalue weighted by atomic mass is 10.1. The van der Waals surface area contributed by atoms with Gasteiger partial charge in [0.2, 0.25) is 0 Å². The molecule has 0 aliphatic rings. The summed E-state index contributed by atoms with van der Waals surface area (Å²) in [6, 6.07) is 12.5. The molecule has 2 aromatic carbocycles. The third kappa shape index (κ3) is 2.68. The largest absolute Gasteiger partial charge is 0.322 e. The fraction of sp³-hybridized carbons (Fsp3) is 0. The van der Waals surface area contributed by atoms with Gasteiger partial charge in [0.05, 0.1) is 16.7 Å². The van der Waals surface area contributed by atoms with Crippen molar-refractivity contribution in [3.05, 3.63) is 66.7 Å². The summed E-state index contributed by atoms with van der Waals surface area (Å²) in [5, 5.41) is 13.9. The van der Waals surface area contributed by atoms with E-state index in [0.29, 0.717) is 16.8 Å². The Bertz CT molecular complexity index is 1010. The summed E-state index contributed by atoms with van der Waals surface area (Å²) in [5.41, 5.74) is 3.33. The molecular weight excluding hydrogens is 306 g/mol. The van der Waals surface area contributed by atoms with E-state index in [9.17, 15) is 4.79 Å². The fourth-order valence-corrected chi connectivity index (χ4v) is 2.31. The molecule has 0 saturated heterocycles. The Balaban J connectivity index is 1.60. The number of tetrazole rings is 1. The topological polar surface area (TPSA) is 98.5 Å². The summed E-state index contributed by atoms with van der Waals surface area (Å²) in [4.78, 5) is 20.9. The molecule has 24 heavy (non-hydrogen) atoms. The number of carbonyl (C=O) groups excluding carboxylic acids is 1. The summed E-state index contributed by atoms with van der Waals surface area (Å²) in [6.45, 7) is 0. The summed E-state index contributed by atoms with van der Waals surface area (Å²) in [5.74, 6) is -0.226. The van der Waals surface area contributed by atoms with Crippen molar-refractivity contribution in [1.82, 2.24) is 30.2 Å². The minimum atomic E-state index is -0.226. The van der Waals surface area contributed by atoms with Crippen molar-refractivity contribution in [2.75, 3.05) is 5.32 Å². The maximum absolute atomic E-state index is 12.4. The number of aromatic nitrogens is 6. The van der Waals surface area contributed by atoms with E-state index < -0.39 is 0 Å². The molecule has 0 aliphatic heterocycles. The van der Waals surface area contributed by atoms with Gasteiger partial charge >= 0.3 is 0 Å². The molecule has 1 N–H and O–H groups in total. The highest BCUT2D eigenvalue weighted by Gasteiger charge is 2.09. The van der Waals surface area contributed by atoms with Crippen LogP contribution in [0.25, 0.3) is 16.7 Å². The van der Waals surface area contributed by atoms with Crippen LogP contribution in [0.4, 0.5) is 5.69 Å². The maximum Gasteiger partial charge on any atom is 0.255 e. The van der Waals surface area contributed by atoms with Crippen molar-refractivity contribution in [2.45, 2.75) is 0 Å². The van der Waals surface area contributed by atoms with Crippen LogP contribution in [0.15, 0.2) is 61.2 Å². The van der Waals surface area contributed by atoms with Crippen molar-refractivity contribution in [3.8, 4) is 5.69 Å². The Morgan fingerprint density at radius 3 is 2.71 bits per heavy atom. The summed E-state index contributed by atoms with van der Waals surface area (Å²) < 4.78 is 1.52. The summed E-state index contributed by atoms with van der Waals surface area (Å²) in [7, 11) is 0. The molecule has 0 bridgehead atoms. The van der Waals surface area contributed by atoms with Crippen molar-refractivity contribution < 1.29 is 4.79 Å². The van der Waals surface area contributed by atoms with Gasteiger partial charge in [-0.2, -0.15) is 0 Å². The van der Waals surface area contributed by atoms with Crippen LogP contribution >= 0.6 is 0 Å². The molecule has 116 valence electrons. The molecule has 0 saturated carbocycles. The molecule has 0 radical (unpaired) electrons. The van der Waals surface area contributed by atoms with Crippen LogP contribution < -0.4 is 5.32 Å². The summed E-state index contributed by atoms with van der Waals surface area (Å²) in [6.07, 6.45) is 4.70. The zero-order chi connectivity index (χ0) is 16.4. The van der Waals surface area contributed by atoms with E-state index >= 15 is 0 Å². The second kappa shape index (κ2) is 5.84.